The molecule has 0 saturated carbocycles. The van der Waals surface area contributed by atoms with Crippen LogP contribution in [0.2, 0.25) is 0 Å². The van der Waals surface area contributed by atoms with Crippen molar-refractivity contribution in [1.82, 2.24) is 0 Å². The summed E-state index contributed by atoms with van der Waals surface area (Å²) in [6.07, 6.45) is 1.15. The minimum Gasteiger partial charge on any atom is -0.495 e. The predicted molar refractivity (Wildman–Crippen MR) is 77.1 cm³/mol. The summed E-state index contributed by atoms with van der Waals surface area (Å²) >= 11 is 4.68. The Hall–Kier alpha value is 0.480. The normalized spacial score (nSPS) is 12.6. The fourth-order valence-electron chi connectivity index (χ4n) is 1.38. The van der Waals surface area contributed by atoms with Crippen molar-refractivity contribution >= 4 is 45.2 Å². The molecule has 0 fully saturated rings. The third kappa shape index (κ3) is 2.74. The molecule has 1 rings (SSSR count). The van der Waals surface area contributed by atoms with E-state index in [2.05, 4.69) is 71.2 Å². The first-order valence-corrected chi connectivity index (χ1v) is 6.78. The third-order valence-electron chi connectivity index (χ3n) is 2.38. The summed E-state index contributed by atoms with van der Waals surface area (Å²) in [5.41, 5.74) is 1.33. The highest BCUT2D eigenvalue weighted by molar-refractivity contribution is 14.1. The highest BCUT2D eigenvalue weighted by Crippen LogP contribution is 2.34. The van der Waals surface area contributed by atoms with Gasteiger partial charge in [0.15, 0.2) is 0 Å². The van der Waals surface area contributed by atoms with Gasteiger partial charge in [0.25, 0.3) is 0 Å². The molecule has 0 aliphatic carbocycles. The number of ether oxygens (including phenoxy) is 1. The van der Waals surface area contributed by atoms with Crippen LogP contribution in [0.3, 0.4) is 0 Å². The SMILES string of the molecule is CCC(C)c1cc(I)cc(I)c1OC. The summed E-state index contributed by atoms with van der Waals surface area (Å²) in [4.78, 5) is 0. The molecule has 1 aromatic carbocycles. The molecule has 1 unspecified atom stereocenters. The molecular weight excluding hydrogens is 402 g/mol. The molecule has 0 amide bonds. The van der Waals surface area contributed by atoms with Crippen LogP contribution in [0.4, 0.5) is 0 Å². The van der Waals surface area contributed by atoms with Gasteiger partial charge in [-0.25, -0.2) is 0 Å². The van der Waals surface area contributed by atoms with E-state index in [0.717, 1.165) is 12.2 Å². The van der Waals surface area contributed by atoms with E-state index in [-0.39, 0.29) is 0 Å². The smallest absolute Gasteiger partial charge is 0.135 e. The standard InChI is InChI=1S/C11H14I2O/c1-4-7(2)9-5-8(12)6-10(13)11(9)14-3/h5-7H,4H2,1-3H3. The lowest BCUT2D eigenvalue weighted by atomic mass is 9.98. The van der Waals surface area contributed by atoms with Crippen molar-refractivity contribution < 1.29 is 4.74 Å². The van der Waals surface area contributed by atoms with Crippen LogP contribution < -0.4 is 4.74 Å². The van der Waals surface area contributed by atoms with Gasteiger partial charge in [0.1, 0.15) is 5.75 Å². The van der Waals surface area contributed by atoms with Gasteiger partial charge in [-0.15, -0.1) is 0 Å². The molecule has 1 nitrogen and oxygen atoms in total. The summed E-state index contributed by atoms with van der Waals surface area (Å²) < 4.78 is 7.93. The Morgan fingerprint density at radius 3 is 2.50 bits per heavy atom. The molecule has 0 aliphatic heterocycles. The van der Waals surface area contributed by atoms with Crippen LogP contribution in [0.1, 0.15) is 31.7 Å². The van der Waals surface area contributed by atoms with E-state index in [1.54, 1.807) is 7.11 Å². The van der Waals surface area contributed by atoms with E-state index in [1.165, 1.54) is 12.7 Å². The van der Waals surface area contributed by atoms with Gasteiger partial charge in [-0.1, -0.05) is 13.8 Å². The maximum atomic E-state index is 5.44. The maximum absolute atomic E-state index is 5.44. The second-order valence-corrected chi connectivity index (χ2v) is 5.73. The molecule has 0 radical (unpaired) electrons. The lowest BCUT2D eigenvalue weighted by Crippen LogP contribution is -1.99. The molecule has 0 heterocycles. The molecule has 1 aromatic rings. The van der Waals surface area contributed by atoms with Crippen molar-refractivity contribution in [1.29, 1.82) is 0 Å². The minimum atomic E-state index is 0.563. The van der Waals surface area contributed by atoms with E-state index >= 15 is 0 Å². The summed E-state index contributed by atoms with van der Waals surface area (Å²) in [6, 6.07) is 4.36. The fourth-order valence-corrected chi connectivity index (χ4v) is 3.49. The van der Waals surface area contributed by atoms with Crippen LogP contribution in [0.5, 0.6) is 5.75 Å². The summed E-state index contributed by atoms with van der Waals surface area (Å²) in [6.45, 7) is 4.45. The van der Waals surface area contributed by atoms with Crippen LogP contribution in [-0.2, 0) is 0 Å². The van der Waals surface area contributed by atoms with Gasteiger partial charge in [-0.05, 0) is 75.2 Å². The first kappa shape index (κ1) is 12.5. The summed E-state index contributed by atoms with van der Waals surface area (Å²) in [5.74, 6) is 1.61. The van der Waals surface area contributed by atoms with E-state index in [0.29, 0.717) is 5.92 Å². The van der Waals surface area contributed by atoms with E-state index < -0.39 is 0 Å². The first-order chi connectivity index (χ1) is 6.60. The Labute approximate surface area is 113 Å². The summed E-state index contributed by atoms with van der Waals surface area (Å²) in [7, 11) is 1.75. The van der Waals surface area contributed by atoms with Gasteiger partial charge in [0, 0.05) is 3.57 Å². The van der Waals surface area contributed by atoms with Crippen LogP contribution in [-0.4, -0.2) is 7.11 Å². The van der Waals surface area contributed by atoms with E-state index in [1.807, 2.05) is 0 Å². The molecular formula is C11H14I2O. The Morgan fingerprint density at radius 1 is 1.36 bits per heavy atom. The zero-order chi connectivity index (χ0) is 10.7. The fraction of sp³-hybridized carbons (Fsp3) is 0.455. The second-order valence-electron chi connectivity index (χ2n) is 3.32. The highest BCUT2D eigenvalue weighted by Gasteiger charge is 2.13. The van der Waals surface area contributed by atoms with Gasteiger partial charge in [-0.2, -0.15) is 0 Å². The number of halogens is 2. The predicted octanol–water partition coefficient (Wildman–Crippen LogP) is 4.42. The number of hydrogen-bond donors (Lipinski definition) is 0. The quantitative estimate of drug-likeness (QED) is 0.664. The van der Waals surface area contributed by atoms with Crippen LogP contribution in [0.25, 0.3) is 0 Å². The van der Waals surface area contributed by atoms with E-state index in [4.69, 9.17) is 4.74 Å². The van der Waals surface area contributed by atoms with Crippen molar-refractivity contribution in [2.75, 3.05) is 7.11 Å². The van der Waals surface area contributed by atoms with Crippen molar-refractivity contribution in [3.63, 3.8) is 0 Å². The summed E-state index contributed by atoms with van der Waals surface area (Å²) in [5, 5.41) is 0. The second kappa shape index (κ2) is 5.53. The minimum absolute atomic E-state index is 0.563. The van der Waals surface area contributed by atoms with Crippen LogP contribution in [0, 0.1) is 7.14 Å². The monoisotopic (exact) mass is 416 g/mol. The van der Waals surface area contributed by atoms with Gasteiger partial charge in [0.2, 0.25) is 0 Å². The van der Waals surface area contributed by atoms with Gasteiger partial charge in [-0.3, -0.25) is 0 Å². The number of rotatable bonds is 3. The van der Waals surface area contributed by atoms with E-state index in [9.17, 15) is 0 Å². The first-order valence-electron chi connectivity index (χ1n) is 4.63. The molecule has 1 atom stereocenters. The highest BCUT2D eigenvalue weighted by atomic mass is 127. The Morgan fingerprint density at radius 2 is 2.00 bits per heavy atom. The molecule has 0 aromatic heterocycles. The zero-order valence-corrected chi connectivity index (χ0v) is 12.9. The van der Waals surface area contributed by atoms with Crippen molar-refractivity contribution in [2.45, 2.75) is 26.2 Å². The molecule has 0 bridgehead atoms. The lowest BCUT2D eigenvalue weighted by molar-refractivity contribution is 0.403. The zero-order valence-electron chi connectivity index (χ0n) is 8.60. The Bertz CT molecular complexity index is 323. The topological polar surface area (TPSA) is 9.23 Å². The Kier molecular flexibility index (Phi) is 4.96. The molecule has 3 heteroatoms. The third-order valence-corrected chi connectivity index (χ3v) is 3.81. The maximum Gasteiger partial charge on any atom is 0.135 e. The Balaban J connectivity index is 3.24. The lowest BCUT2D eigenvalue weighted by Gasteiger charge is -2.15. The number of benzene rings is 1. The van der Waals surface area contributed by atoms with Crippen molar-refractivity contribution in [3.8, 4) is 5.75 Å². The van der Waals surface area contributed by atoms with Gasteiger partial charge < -0.3 is 4.74 Å². The molecule has 0 saturated heterocycles. The van der Waals surface area contributed by atoms with Gasteiger partial charge in [0.05, 0.1) is 10.7 Å². The number of methoxy groups -OCH3 is 1. The largest absolute Gasteiger partial charge is 0.495 e. The van der Waals surface area contributed by atoms with Crippen molar-refractivity contribution in [3.05, 3.63) is 24.8 Å². The average molecular weight is 416 g/mol. The number of hydrogen-bond acceptors (Lipinski definition) is 1. The van der Waals surface area contributed by atoms with Gasteiger partial charge >= 0.3 is 0 Å². The molecule has 14 heavy (non-hydrogen) atoms. The molecule has 0 N–H and O–H groups in total. The van der Waals surface area contributed by atoms with Crippen LogP contribution >= 0.6 is 45.2 Å². The molecule has 0 aliphatic rings. The van der Waals surface area contributed by atoms with Crippen molar-refractivity contribution in [2.24, 2.45) is 0 Å². The van der Waals surface area contributed by atoms with Crippen LogP contribution in [0.15, 0.2) is 12.1 Å². The average Bonchev–Trinajstić information content (AvgIpc) is 2.15. The molecule has 0 spiro atoms. The molecule has 78 valence electrons.